The van der Waals surface area contributed by atoms with Crippen molar-refractivity contribution >= 4 is 12.0 Å². The molecule has 0 spiro atoms. The fourth-order valence-electron chi connectivity index (χ4n) is 3.00. The quantitative estimate of drug-likeness (QED) is 0.508. The number of aryl methyl sites for hydroxylation is 1. The van der Waals surface area contributed by atoms with Gasteiger partial charge < -0.3 is 14.9 Å². The Morgan fingerprint density at radius 1 is 1.28 bits per heavy atom. The van der Waals surface area contributed by atoms with Crippen LogP contribution < -0.4 is 4.74 Å². The first kappa shape index (κ1) is 19.1. The van der Waals surface area contributed by atoms with Crippen LogP contribution in [-0.4, -0.2) is 21.8 Å². The van der Waals surface area contributed by atoms with E-state index >= 15 is 0 Å². The van der Waals surface area contributed by atoms with Crippen molar-refractivity contribution in [1.29, 1.82) is 0 Å². The molecule has 0 aromatic heterocycles. The van der Waals surface area contributed by atoms with Gasteiger partial charge in [0.15, 0.2) is 0 Å². The molecule has 1 unspecified atom stereocenters. The van der Waals surface area contributed by atoms with Gasteiger partial charge in [-0.3, -0.25) is 4.79 Å². The fraction of sp³-hybridized carbons (Fsp3) is 0.476. The highest BCUT2D eigenvalue weighted by atomic mass is 16.5. The summed E-state index contributed by atoms with van der Waals surface area (Å²) in [6, 6.07) is 3.72. The van der Waals surface area contributed by atoms with Crippen LogP contribution in [0.3, 0.4) is 0 Å². The van der Waals surface area contributed by atoms with Gasteiger partial charge in [0.25, 0.3) is 0 Å². The van der Waals surface area contributed by atoms with Crippen LogP contribution in [0, 0.1) is 0 Å². The highest BCUT2D eigenvalue weighted by molar-refractivity contribution is 5.68. The van der Waals surface area contributed by atoms with Crippen molar-refractivity contribution in [1.82, 2.24) is 0 Å². The Labute approximate surface area is 149 Å². The van der Waals surface area contributed by atoms with Gasteiger partial charge >= 0.3 is 5.97 Å². The highest BCUT2D eigenvalue weighted by Gasteiger charge is 2.28. The first-order valence-electron chi connectivity index (χ1n) is 8.88. The standard InChI is InChI=1S/C21H28O4/c1-15(2)7-6-11-21(3)12-10-17-18(22)13-16(14-19(17)25-21)8-4-5-9-20(23)24/h7,10,12-14,22H,4-6,8-9,11H2,1-3H3,(H,23,24). The molecule has 2 N–H and O–H groups in total. The number of aliphatic carboxylic acids is 1. The fourth-order valence-corrected chi connectivity index (χ4v) is 3.00. The van der Waals surface area contributed by atoms with Crippen molar-refractivity contribution in [3.05, 3.63) is 41.0 Å². The van der Waals surface area contributed by atoms with Crippen molar-refractivity contribution < 1.29 is 19.7 Å². The molecule has 0 radical (unpaired) electrons. The lowest BCUT2D eigenvalue weighted by molar-refractivity contribution is -0.137. The lowest BCUT2D eigenvalue weighted by atomic mass is 9.93. The van der Waals surface area contributed by atoms with E-state index < -0.39 is 5.97 Å². The molecule has 1 heterocycles. The summed E-state index contributed by atoms with van der Waals surface area (Å²) in [4.78, 5) is 10.6. The van der Waals surface area contributed by atoms with Crippen molar-refractivity contribution in [2.45, 2.75) is 64.9 Å². The lowest BCUT2D eigenvalue weighted by Crippen LogP contribution is -2.31. The second kappa shape index (κ2) is 8.24. The molecule has 25 heavy (non-hydrogen) atoms. The van der Waals surface area contributed by atoms with Crippen molar-refractivity contribution in [3.63, 3.8) is 0 Å². The molecule has 1 atom stereocenters. The molecule has 4 nitrogen and oxygen atoms in total. The molecule has 4 heteroatoms. The van der Waals surface area contributed by atoms with Crippen molar-refractivity contribution in [3.8, 4) is 11.5 Å². The summed E-state index contributed by atoms with van der Waals surface area (Å²) in [7, 11) is 0. The van der Waals surface area contributed by atoms with Crippen LogP contribution in [0.15, 0.2) is 29.9 Å². The van der Waals surface area contributed by atoms with Crippen LogP contribution in [0.4, 0.5) is 0 Å². The van der Waals surface area contributed by atoms with Gasteiger partial charge in [-0.1, -0.05) is 11.6 Å². The largest absolute Gasteiger partial charge is 0.507 e. The number of unbranched alkanes of at least 4 members (excludes halogenated alkanes) is 1. The molecule has 2 rings (SSSR count). The van der Waals surface area contributed by atoms with Gasteiger partial charge in [0.2, 0.25) is 0 Å². The van der Waals surface area contributed by atoms with Crippen LogP contribution in [0.2, 0.25) is 0 Å². The zero-order valence-corrected chi connectivity index (χ0v) is 15.3. The van der Waals surface area contributed by atoms with E-state index in [4.69, 9.17) is 9.84 Å². The number of hydrogen-bond donors (Lipinski definition) is 2. The van der Waals surface area contributed by atoms with Crippen LogP contribution >= 0.6 is 0 Å². The van der Waals surface area contributed by atoms with Gasteiger partial charge in [-0.25, -0.2) is 0 Å². The van der Waals surface area contributed by atoms with E-state index in [0.717, 1.165) is 31.2 Å². The molecule has 1 aromatic carbocycles. The number of allylic oxidation sites excluding steroid dienone is 2. The Kier molecular flexibility index (Phi) is 6.29. The Morgan fingerprint density at radius 3 is 2.72 bits per heavy atom. The van der Waals surface area contributed by atoms with E-state index in [1.807, 2.05) is 18.2 Å². The number of phenolic OH excluding ortho intramolecular Hbond substituents is 1. The molecule has 0 saturated carbocycles. The maximum absolute atomic E-state index is 10.6. The van der Waals surface area contributed by atoms with Gasteiger partial charge in [0.1, 0.15) is 17.1 Å². The number of fused-ring (bicyclic) bond motifs is 1. The van der Waals surface area contributed by atoms with Gasteiger partial charge in [-0.05, 0) is 82.7 Å². The molecule has 0 bridgehead atoms. The molecule has 0 fully saturated rings. The second-order valence-electron chi connectivity index (χ2n) is 7.20. The van der Waals surface area contributed by atoms with Gasteiger partial charge in [-0.15, -0.1) is 0 Å². The number of carbonyl (C=O) groups is 1. The van der Waals surface area contributed by atoms with Gasteiger partial charge in [0, 0.05) is 6.42 Å². The number of carboxylic acid groups (broad SMARTS) is 1. The third-order valence-electron chi connectivity index (χ3n) is 4.43. The average molecular weight is 344 g/mol. The SMILES string of the molecule is CC(C)=CCCC1(C)C=Cc2c(O)cc(CCCCC(=O)O)cc2O1. The minimum atomic E-state index is -0.770. The zero-order valence-electron chi connectivity index (χ0n) is 15.3. The maximum atomic E-state index is 10.6. The molecule has 1 aliphatic heterocycles. The number of benzene rings is 1. The van der Waals surface area contributed by atoms with E-state index in [2.05, 4.69) is 26.8 Å². The summed E-state index contributed by atoms with van der Waals surface area (Å²) in [6.45, 7) is 6.23. The molecule has 0 aliphatic carbocycles. The third kappa shape index (κ3) is 5.66. The van der Waals surface area contributed by atoms with Crippen LogP contribution in [0.5, 0.6) is 11.5 Å². The van der Waals surface area contributed by atoms with Gasteiger partial charge in [0.05, 0.1) is 5.56 Å². The molecule has 1 aromatic rings. The van der Waals surface area contributed by atoms with E-state index in [1.165, 1.54) is 5.57 Å². The van der Waals surface area contributed by atoms with E-state index in [9.17, 15) is 9.90 Å². The molecular formula is C21H28O4. The Hall–Kier alpha value is -2.23. The number of hydrogen-bond acceptors (Lipinski definition) is 3. The highest BCUT2D eigenvalue weighted by Crippen LogP contribution is 2.39. The van der Waals surface area contributed by atoms with E-state index in [-0.39, 0.29) is 17.8 Å². The predicted octanol–water partition coefficient (Wildman–Crippen LogP) is 5.10. The Morgan fingerprint density at radius 2 is 2.04 bits per heavy atom. The van der Waals surface area contributed by atoms with E-state index in [0.29, 0.717) is 17.7 Å². The molecular weight excluding hydrogens is 316 g/mol. The number of ether oxygens (including phenoxy) is 1. The molecule has 1 aliphatic rings. The zero-order chi connectivity index (χ0) is 18.4. The lowest BCUT2D eigenvalue weighted by Gasteiger charge is -2.32. The summed E-state index contributed by atoms with van der Waals surface area (Å²) in [5, 5.41) is 19.0. The topological polar surface area (TPSA) is 66.8 Å². The van der Waals surface area contributed by atoms with Crippen LogP contribution in [-0.2, 0) is 11.2 Å². The molecule has 136 valence electrons. The first-order valence-corrected chi connectivity index (χ1v) is 8.88. The second-order valence-corrected chi connectivity index (χ2v) is 7.20. The first-order chi connectivity index (χ1) is 11.8. The normalized spacial score (nSPS) is 18.4. The Bertz CT molecular complexity index is 683. The summed E-state index contributed by atoms with van der Waals surface area (Å²) in [6.07, 6.45) is 10.3. The minimum Gasteiger partial charge on any atom is -0.507 e. The Balaban J connectivity index is 2.06. The number of aromatic hydroxyl groups is 1. The monoisotopic (exact) mass is 344 g/mol. The number of phenols is 1. The van der Waals surface area contributed by atoms with Crippen molar-refractivity contribution in [2.75, 3.05) is 0 Å². The summed E-state index contributed by atoms with van der Waals surface area (Å²) >= 11 is 0. The molecule has 0 amide bonds. The van der Waals surface area contributed by atoms with Crippen LogP contribution in [0.1, 0.15) is 64.0 Å². The van der Waals surface area contributed by atoms with Crippen LogP contribution in [0.25, 0.3) is 6.08 Å². The summed E-state index contributed by atoms with van der Waals surface area (Å²) in [5.74, 6) is 0.151. The van der Waals surface area contributed by atoms with E-state index in [1.54, 1.807) is 6.07 Å². The smallest absolute Gasteiger partial charge is 0.303 e. The number of carboxylic acids is 1. The molecule has 0 saturated heterocycles. The van der Waals surface area contributed by atoms with Crippen molar-refractivity contribution in [2.24, 2.45) is 0 Å². The summed E-state index contributed by atoms with van der Waals surface area (Å²) < 4.78 is 6.20. The average Bonchev–Trinajstić information content (AvgIpc) is 2.50. The maximum Gasteiger partial charge on any atom is 0.303 e. The number of rotatable bonds is 8. The van der Waals surface area contributed by atoms with Gasteiger partial charge in [-0.2, -0.15) is 0 Å². The third-order valence-corrected chi connectivity index (χ3v) is 4.43. The predicted molar refractivity (Wildman–Crippen MR) is 100 cm³/mol. The minimum absolute atomic E-state index is 0.179. The summed E-state index contributed by atoms with van der Waals surface area (Å²) in [5.41, 5.74) is 2.61.